The zero-order chi connectivity index (χ0) is 15.4. The number of nitrogens with one attached hydrogen (secondary N) is 3. The smallest absolute Gasteiger partial charge is 0.227 e. The topological polar surface area (TPSA) is 66.0 Å². The van der Waals surface area contributed by atoms with Crippen LogP contribution in [0.25, 0.3) is 0 Å². The predicted octanol–water partition coefficient (Wildman–Crippen LogP) is 3.46. The molecule has 2 aromatic rings. The lowest BCUT2D eigenvalue weighted by molar-refractivity contribution is -0.121. The second-order valence-corrected chi connectivity index (χ2v) is 5.62. The molecule has 1 aromatic heterocycles. The van der Waals surface area contributed by atoms with Crippen molar-refractivity contribution >= 4 is 47.9 Å². The molecule has 2 heterocycles. The van der Waals surface area contributed by atoms with Crippen molar-refractivity contribution < 1.29 is 4.79 Å². The Morgan fingerprint density at radius 2 is 1.83 bits per heavy atom. The van der Waals surface area contributed by atoms with Gasteiger partial charge >= 0.3 is 0 Å². The number of rotatable bonds is 5. The number of carbonyl (C=O) groups excluding carboxylic acids is 1. The van der Waals surface area contributed by atoms with Crippen molar-refractivity contribution in [1.29, 1.82) is 0 Å². The highest BCUT2D eigenvalue weighted by atomic mass is 35.5. The number of anilines is 3. The van der Waals surface area contributed by atoms with E-state index in [1.807, 2.05) is 49.4 Å². The van der Waals surface area contributed by atoms with E-state index in [0.29, 0.717) is 5.92 Å². The molecule has 0 radical (unpaired) electrons. The van der Waals surface area contributed by atoms with Gasteiger partial charge in [-0.3, -0.25) is 4.79 Å². The molecule has 1 saturated heterocycles. The Labute approximate surface area is 154 Å². The van der Waals surface area contributed by atoms with Crippen LogP contribution in [0.3, 0.4) is 0 Å². The highest BCUT2D eigenvalue weighted by Gasteiger charge is 2.28. The Hall–Kier alpha value is -1.82. The molecule has 5 nitrogen and oxygen atoms in total. The van der Waals surface area contributed by atoms with E-state index in [4.69, 9.17) is 0 Å². The van der Waals surface area contributed by atoms with E-state index in [1.165, 1.54) is 0 Å². The average Bonchev–Trinajstić information content (AvgIpc) is 2.48. The molecule has 24 heavy (non-hydrogen) atoms. The Balaban J connectivity index is 0.00000144. The number of benzene rings is 1. The van der Waals surface area contributed by atoms with E-state index in [0.717, 1.165) is 30.3 Å². The fraction of sp³-hybridized carbons (Fsp3) is 0.294. The summed E-state index contributed by atoms with van der Waals surface area (Å²) in [6, 6.07) is 13.6. The van der Waals surface area contributed by atoms with Crippen molar-refractivity contribution in [3.8, 4) is 0 Å². The van der Waals surface area contributed by atoms with Crippen LogP contribution in [0.5, 0.6) is 0 Å². The van der Waals surface area contributed by atoms with Crippen LogP contribution in [-0.4, -0.2) is 24.0 Å². The number of para-hydroxylation sites is 1. The molecule has 1 aliphatic rings. The summed E-state index contributed by atoms with van der Waals surface area (Å²) in [7, 11) is 0. The van der Waals surface area contributed by atoms with Gasteiger partial charge in [0.2, 0.25) is 5.91 Å². The lowest BCUT2D eigenvalue weighted by atomic mass is 9.88. The van der Waals surface area contributed by atoms with Gasteiger partial charge in [0.05, 0.1) is 11.9 Å². The van der Waals surface area contributed by atoms with Crippen molar-refractivity contribution in [2.24, 2.45) is 11.8 Å². The molecule has 7 heteroatoms. The first-order valence-corrected chi connectivity index (χ1v) is 7.52. The van der Waals surface area contributed by atoms with E-state index in [1.54, 1.807) is 6.20 Å². The quantitative estimate of drug-likeness (QED) is 0.755. The third-order valence-electron chi connectivity index (χ3n) is 4.01. The molecule has 1 aromatic carbocycles. The number of carbonyl (C=O) groups is 1. The van der Waals surface area contributed by atoms with Crippen LogP contribution in [0, 0.1) is 11.8 Å². The van der Waals surface area contributed by atoms with Gasteiger partial charge in [0.1, 0.15) is 5.82 Å². The molecular formula is C17H22Cl2N4O. The van der Waals surface area contributed by atoms with Gasteiger partial charge in [-0.1, -0.05) is 25.1 Å². The van der Waals surface area contributed by atoms with Crippen LogP contribution < -0.4 is 16.0 Å². The summed E-state index contributed by atoms with van der Waals surface area (Å²) in [6.45, 7) is 3.82. The third-order valence-corrected chi connectivity index (χ3v) is 4.01. The summed E-state index contributed by atoms with van der Waals surface area (Å²) in [5.74, 6) is 1.26. The molecule has 3 N–H and O–H groups in total. The van der Waals surface area contributed by atoms with Crippen LogP contribution in [0.2, 0.25) is 0 Å². The Morgan fingerprint density at radius 3 is 2.38 bits per heavy atom. The van der Waals surface area contributed by atoms with Gasteiger partial charge in [0.25, 0.3) is 0 Å². The summed E-state index contributed by atoms with van der Waals surface area (Å²) < 4.78 is 0. The van der Waals surface area contributed by atoms with Gasteiger partial charge in [-0.05, 0) is 43.3 Å². The molecule has 1 unspecified atom stereocenters. The number of hydrogen-bond donors (Lipinski definition) is 3. The molecule has 0 aliphatic carbocycles. The third kappa shape index (κ3) is 5.09. The molecular weight excluding hydrogens is 347 g/mol. The van der Waals surface area contributed by atoms with Gasteiger partial charge in [0, 0.05) is 11.6 Å². The lowest BCUT2D eigenvalue weighted by Crippen LogP contribution is -2.48. The molecule has 1 atom stereocenters. The van der Waals surface area contributed by atoms with Gasteiger partial charge < -0.3 is 16.0 Å². The fourth-order valence-corrected chi connectivity index (χ4v) is 2.35. The zero-order valence-corrected chi connectivity index (χ0v) is 15.0. The van der Waals surface area contributed by atoms with E-state index >= 15 is 0 Å². The Morgan fingerprint density at radius 1 is 1.12 bits per heavy atom. The number of amides is 1. The fourth-order valence-electron chi connectivity index (χ4n) is 2.35. The van der Waals surface area contributed by atoms with Gasteiger partial charge in [-0.2, -0.15) is 0 Å². The Kier molecular flexibility index (Phi) is 7.98. The molecule has 130 valence electrons. The summed E-state index contributed by atoms with van der Waals surface area (Å²) in [6.07, 6.45) is 1.68. The van der Waals surface area contributed by atoms with E-state index < -0.39 is 0 Å². The minimum atomic E-state index is 0. The molecule has 1 amide bonds. The Bertz CT molecular complexity index is 633. The van der Waals surface area contributed by atoms with Crippen LogP contribution in [0.4, 0.5) is 17.2 Å². The second kappa shape index (κ2) is 9.47. The molecule has 1 fully saturated rings. The maximum atomic E-state index is 12.1. The molecule has 3 rings (SSSR count). The maximum Gasteiger partial charge on any atom is 0.227 e. The van der Waals surface area contributed by atoms with Crippen molar-refractivity contribution in [2.45, 2.75) is 6.92 Å². The van der Waals surface area contributed by atoms with Crippen LogP contribution in [0.15, 0.2) is 48.7 Å². The van der Waals surface area contributed by atoms with Crippen LogP contribution >= 0.6 is 24.8 Å². The maximum absolute atomic E-state index is 12.1. The van der Waals surface area contributed by atoms with Crippen LogP contribution in [-0.2, 0) is 4.79 Å². The number of hydrogen-bond acceptors (Lipinski definition) is 4. The normalized spacial score (nSPS) is 14.4. The summed E-state index contributed by atoms with van der Waals surface area (Å²) in [4.78, 5) is 16.5. The highest BCUT2D eigenvalue weighted by molar-refractivity contribution is 5.92. The first kappa shape index (κ1) is 20.2. The monoisotopic (exact) mass is 368 g/mol. The summed E-state index contributed by atoms with van der Waals surface area (Å²) >= 11 is 0. The molecule has 1 aliphatic heterocycles. The number of aromatic nitrogens is 1. The zero-order valence-electron chi connectivity index (χ0n) is 13.4. The summed E-state index contributed by atoms with van der Waals surface area (Å²) in [5, 5.41) is 9.33. The van der Waals surface area contributed by atoms with Crippen molar-refractivity contribution in [3.63, 3.8) is 0 Å². The highest BCUT2D eigenvalue weighted by Crippen LogP contribution is 2.19. The predicted molar refractivity (Wildman–Crippen MR) is 103 cm³/mol. The average molecular weight is 369 g/mol. The SMILES string of the molecule is CC(C(=O)Nc1ccc(Nc2ccccc2)nc1)C1CNC1.Cl.Cl. The van der Waals surface area contributed by atoms with Gasteiger partial charge in [-0.25, -0.2) is 4.98 Å². The van der Waals surface area contributed by atoms with Crippen molar-refractivity contribution in [2.75, 3.05) is 23.7 Å². The molecule has 0 spiro atoms. The first-order valence-electron chi connectivity index (χ1n) is 7.52. The minimum absolute atomic E-state index is 0. The van der Waals surface area contributed by atoms with Crippen molar-refractivity contribution in [1.82, 2.24) is 10.3 Å². The van der Waals surface area contributed by atoms with Gasteiger partial charge in [0.15, 0.2) is 0 Å². The molecule has 0 saturated carbocycles. The minimum Gasteiger partial charge on any atom is -0.340 e. The van der Waals surface area contributed by atoms with E-state index in [-0.39, 0.29) is 36.6 Å². The lowest BCUT2D eigenvalue weighted by Gasteiger charge is -2.31. The van der Waals surface area contributed by atoms with E-state index in [9.17, 15) is 4.79 Å². The van der Waals surface area contributed by atoms with Crippen molar-refractivity contribution in [3.05, 3.63) is 48.7 Å². The number of nitrogens with zero attached hydrogens (tertiary/aromatic N) is 1. The molecule has 0 bridgehead atoms. The van der Waals surface area contributed by atoms with Crippen LogP contribution in [0.1, 0.15) is 6.92 Å². The van der Waals surface area contributed by atoms with Gasteiger partial charge in [-0.15, -0.1) is 24.8 Å². The largest absolute Gasteiger partial charge is 0.340 e. The standard InChI is InChI=1S/C17H20N4O.2ClH/c1-12(13-9-18-10-13)17(22)21-15-7-8-16(19-11-15)20-14-5-3-2-4-6-14;;/h2-8,11-13,18H,9-10H2,1H3,(H,19,20)(H,21,22);2*1H. The van der Waals surface area contributed by atoms with E-state index in [2.05, 4.69) is 20.9 Å². The summed E-state index contributed by atoms with van der Waals surface area (Å²) in [5.41, 5.74) is 1.71. The number of halogens is 2. The number of pyridine rings is 1. The first-order chi connectivity index (χ1) is 10.7. The second-order valence-electron chi connectivity index (χ2n) is 5.62.